The molecule has 0 saturated heterocycles. The number of hydrogen-bond acceptors (Lipinski definition) is 3. The van der Waals surface area contributed by atoms with E-state index in [4.69, 9.17) is 0 Å². The Hall–Kier alpha value is -1.81. The number of aromatic nitrogens is 2. The lowest BCUT2D eigenvalue weighted by Crippen LogP contribution is -2.19. The molecule has 1 atom stereocenters. The van der Waals surface area contributed by atoms with Gasteiger partial charge in [0.1, 0.15) is 5.82 Å². The first kappa shape index (κ1) is 12.6. The number of halogens is 1. The van der Waals surface area contributed by atoms with Crippen LogP contribution in [0.3, 0.4) is 0 Å². The molecule has 18 heavy (non-hydrogen) atoms. The Labute approximate surface area is 106 Å². The molecule has 0 fully saturated rings. The van der Waals surface area contributed by atoms with Crippen molar-refractivity contribution in [1.29, 1.82) is 0 Å². The minimum Gasteiger partial charge on any atom is -0.309 e. The highest BCUT2D eigenvalue weighted by atomic mass is 19.1. The van der Waals surface area contributed by atoms with E-state index in [-0.39, 0.29) is 11.9 Å². The quantitative estimate of drug-likeness (QED) is 0.903. The van der Waals surface area contributed by atoms with Crippen LogP contribution >= 0.6 is 0 Å². The van der Waals surface area contributed by atoms with Crippen molar-refractivity contribution in [2.45, 2.75) is 19.9 Å². The lowest BCUT2D eigenvalue weighted by Gasteiger charge is -2.18. The van der Waals surface area contributed by atoms with Crippen molar-refractivity contribution in [1.82, 2.24) is 15.3 Å². The summed E-state index contributed by atoms with van der Waals surface area (Å²) in [5, 5.41) is 3.18. The van der Waals surface area contributed by atoms with Gasteiger partial charge in [-0.3, -0.25) is 9.97 Å². The Kier molecular flexibility index (Phi) is 3.67. The number of hydrogen-bond donors (Lipinski definition) is 1. The predicted molar refractivity (Wildman–Crippen MR) is 68.8 cm³/mol. The topological polar surface area (TPSA) is 37.8 Å². The summed E-state index contributed by atoms with van der Waals surface area (Å²) in [5.74, 6) is -0.328. The van der Waals surface area contributed by atoms with Gasteiger partial charge in [0.15, 0.2) is 0 Å². The Morgan fingerprint density at radius 1 is 1.22 bits per heavy atom. The molecule has 2 aromatic heterocycles. The zero-order valence-corrected chi connectivity index (χ0v) is 10.7. The third-order valence-corrected chi connectivity index (χ3v) is 2.92. The summed E-state index contributed by atoms with van der Waals surface area (Å²) in [6, 6.07) is 5.37. The van der Waals surface area contributed by atoms with Crippen molar-refractivity contribution in [3.05, 3.63) is 58.9 Å². The second kappa shape index (κ2) is 5.23. The van der Waals surface area contributed by atoms with Crippen molar-refractivity contribution in [2.24, 2.45) is 0 Å². The van der Waals surface area contributed by atoms with Gasteiger partial charge in [-0.2, -0.15) is 0 Å². The van der Waals surface area contributed by atoms with Crippen LogP contribution < -0.4 is 5.32 Å². The van der Waals surface area contributed by atoms with Gasteiger partial charge in [-0.1, -0.05) is 6.07 Å². The average Bonchev–Trinajstić information content (AvgIpc) is 2.33. The van der Waals surface area contributed by atoms with Crippen LogP contribution in [0.4, 0.5) is 4.39 Å². The largest absolute Gasteiger partial charge is 0.309 e. The van der Waals surface area contributed by atoms with E-state index in [0.717, 1.165) is 22.5 Å². The van der Waals surface area contributed by atoms with Gasteiger partial charge in [-0.05, 0) is 44.2 Å². The third kappa shape index (κ3) is 2.54. The highest BCUT2D eigenvalue weighted by Gasteiger charge is 2.15. The molecule has 2 aromatic rings. The van der Waals surface area contributed by atoms with E-state index in [1.807, 2.05) is 33.0 Å². The smallest absolute Gasteiger partial charge is 0.141 e. The van der Waals surface area contributed by atoms with E-state index in [2.05, 4.69) is 15.3 Å². The van der Waals surface area contributed by atoms with Crippen LogP contribution in [0.15, 0.2) is 30.6 Å². The molecule has 4 heteroatoms. The maximum Gasteiger partial charge on any atom is 0.141 e. The highest BCUT2D eigenvalue weighted by Crippen LogP contribution is 2.23. The van der Waals surface area contributed by atoms with E-state index in [9.17, 15) is 4.39 Å². The fourth-order valence-corrected chi connectivity index (χ4v) is 2.09. The first-order valence-electron chi connectivity index (χ1n) is 5.83. The molecule has 0 amide bonds. The van der Waals surface area contributed by atoms with Crippen LogP contribution in [0.5, 0.6) is 0 Å². The Bertz CT molecular complexity index is 554. The van der Waals surface area contributed by atoms with Gasteiger partial charge in [0.05, 0.1) is 12.2 Å². The third-order valence-electron chi connectivity index (χ3n) is 2.92. The molecule has 0 radical (unpaired) electrons. The molecule has 2 rings (SSSR count). The molecule has 0 bridgehead atoms. The lowest BCUT2D eigenvalue weighted by molar-refractivity contribution is 0.607. The summed E-state index contributed by atoms with van der Waals surface area (Å²) >= 11 is 0. The van der Waals surface area contributed by atoms with Crippen molar-refractivity contribution in [3.8, 4) is 0 Å². The second-order valence-electron chi connectivity index (χ2n) is 4.29. The van der Waals surface area contributed by atoms with Crippen LogP contribution in [-0.4, -0.2) is 17.0 Å². The van der Waals surface area contributed by atoms with Crippen LogP contribution in [0.25, 0.3) is 0 Å². The van der Waals surface area contributed by atoms with E-state index < -0.39 is 0 Å². The van der Waals surface area contributed by atoms with Gasteiger partial charge < -0.3 is 5.32 Å². The molecule has 0 saturated carbocycles. The van der Waals surface area contributed by atoms with E-state index in [0.29, 0.717) is 0 Å². The van der Waals surface area contributed by atoms with Gasteiger partial charge in [-0.15, -0.1) is 0 Å². The fourth-order valence-electron chi connectivity index (χ4n) is 2.09. The highest BCUT2D eigenvalue weighted by molar-refractivity contribution is 5.33. The summed E-state index contributed by atoms with van der Waals surface area (Å²) in [6.07, 6.45) is 2.88. The standard InChI is InChI=1S/C14H16FN3/c1-9-4-5-13(10(2)18-9)14(16-3)11-6-12(15)8-17-7-11/h4-8,14,16H,1-3H3. The van der Waals surface area contributed by atoms with Crippen LogP contribution in [0, 0.1) is 19.7 Å². The zero-order valence-electron chi connectivity index (χ0n) is 10.7. The van der Waals surface area contributed by atoms with Crippen LogP contribution in [-0.2, 0) is 0 Å². The molecule has 1 unspecified atom stereocenters. The summed E-state index contributed by atoms with van der Waals surface area (Å²) < 4.78 is 13.2. The van der Waals surface area contributed by atoms with E-state index in [1.54, 1.807) is 6.20 Å². The minimum absolute atomic E-state index is 0.0960. The summed E-state index contributed by atoms with van der Waals surface area (Å²) in [6.45, 7) is 3.91. The maximum absolute atomic E-state index is 13.2. The average molecular weight is 245 g/mol. The predicted octanol–water partition coefficient (Wildman–Crippen LogP) is 2.54. The molecule has 0 spiro atoms. The molecule has 2 heterocycles. The SMILES string of the molecule is CNC(c1cncc(F)c1)c1ccc(C)nc1C. The van der Waals surface area contributed by atoms with Crippen molar-refractivity contribution in [2.75, 3.05) is 7.05 Å². The van der Waals surface area contributed by atoms with Gasteiger partial charge >= 0.3 is 0 Å². The molecule has 3 nitrogen and oxygen atoms in total. The number of nitrogens with zero attached hydrogens (tertiary/aromatic N) is 2. The Balaban J connectivity index is 2.45. The summed E-state index contributed by atoms with van der Waals surface area (Å²) in [4.78, 5) is 8.33. The van der Waals surface area contributed by atoms with Gasteiger partial charge in [-0.25, -0.2) is 4.39 Å². The molecule has 0 aliphatic rings. The molecular formula is C14H16FN3. The molecule has 94 valence electrons. The number of pyridine rings is 2. The van der Waals surface area contributed by atoms with E-state index >= 15 is 0 Å². The molecular weight excluding hydrogens is 229 g/mol. The van der Waals surface area contributed by atoms with Gasteiger partial charge in [0.2, 0.25) is 0 Å². The summed E-state index contributed by atoms with van der Waals surface area (Å²) in [5.41, 5.74) is 3.75. The molecule has 0 aromatic carbocycles. The van der Waals surface area contributed by atoms with Crippen LogP contribution in [0.2, 0.25) is 0 Å². The number of nitrogens with one attached hydrogen (secondary N) is 1. The fraction of sp³-hybridized carbons (Fsp3) is 0.286. The molecule has 1 N–H and O–H groups in total. The lowest BCUT2D eigenvalue weighted by atomic mass is 9.99. The Morgan fingerprint density at radius 2 is 2.00 bits per heavy atom. The van der Waals surface area contributed by atoms with Crippen molar-refractivity contribution in [3.63, 3.8) is 0 Å². The zero-order chi connectivity index (χ0) is 13.1. The summed E-state index contributed by atoms with van der Waals surface area (Å²) in [7, 11) is 1.84. The van der Waals surface area contributed by atoms with Crippen molar-refractivity contribution < 1.29 is 4.39 Å². The van der Waals surface area contributed by atoms with E-state index in [1.165, 1.54) is 12.3 Å². The molecule has 0 aliphatic heterocycles. The van der Waals surface area contributed by atoms with Crippen LogP contribution in [0.1, 0.15) is 28.6 Å². The Morgan fingerprint density at radius 3 is 2.61 bits per heavy atom. The maximum atomic E-state index is 13.2. The van der Waals surface area contributed by atoms with Gasteiger partial charge in [0.25, 0.3) is 0 Å². The monoisotopic (exact) mass is 245 g/mol. The second-order valence-corrected chi connectivity index (χ2v) is 4.29. The number of rotatable bonds is 3. The number of aryl methyl sites for hydroxylation is 2. The minimum atomic E-state index is -0.328. The first-order chi connectivity index (χ1) is 8.61. The molecule has 0 aliphatic carbocycles. The van der Waals surface area contributed by atoms with Crippen molar-refractivity contribution >= 4 is 0 Å². The first-order valence-corrected chi connectivity index (χ1v) is 5.83. The van der Waals surface area contributed by atoms with Gasteiger partial charge in [0, 0.05) is 17.6 Å². The normalized spacial score (nSPS) is 12.4.